The molecular formula is C17H23N3O5S2. The minimum Gasteiger partial charge on any atom is -0.462 e. The first-order chi connectivity index (χ1) is 12.9. The summed E-state index contributed by atoms with van der Waals surface area (Å²) in [5.41, 5.74) is 0.280. The van der Waals surface area contributed by atoms with Crippen molar-refractivity contribution in [1.29, 1.82) is 0 Å². The Bertz CT molecular complexity index is 877. The average Bonchev–Trinajstić information content (AvgIpc) is 2.97. The standard InChI is InChI=1S/C17H23N3O5S2/c1-5-25-17(23)13-9(2)12-15(22)19-14(20-16(12)27-13)10(3)26-8-11(21)18-6-7-24-4/h10H,5-8H2,1-4H3,(H,18,21)(H,19,20,22)/t10-/m0/s1. The molecule has 2 aromatic heterocycles. The Kier molecular flexibility index (Phi) is 7.81. The van der Waals surface area contributed by atoms with Crippen LogP contribution >= 0.6 is 23.1 Å². The Hall–Kier alpha value is -1.91. The molecule has 0 aliphatic carbocycles. The van der Waals surface area contributed by atoms with Gasteiger partial charge in [0.1, 0.15) is 15.5 Å². The van der Waals surface area contributed by atoms with E-state index in [1.165, 1.54) is 11.8 Å². The van der Waals surface area contributed by atoms with Crippen molar-refractivity contribution in [3.63, 3.8) is 0 Å². The molecule has 0 unspecified atom stereocenters. The fraction of sp³-hybridized carbons (Fsp3) is 0.529. The van der Waals surface area contributed by atoms with Crippen molar-refractivity contribution in [1.82, 2.24) is 15.3 Å². The van der Waals surface area contributed by atoms with E-state index in [9.17, 15) is 14.4 Å². The third kappa shape index (κ3) is 5.30. The number of hydrogen-bond acceptors (Lipinski definition) is 8. The van der Waals surface area contributed by atoms with Crippen LogP contribution < -0.4 is 10.9 Å². The van der Waals surface area contributed by atoms with E-state index in [0.29, 0.717) is 39.6 Å². The SMILES string of the molecule is CCOC(=O)c1sc2nc([C@H](C)SCC(=O)NCCOC)[nH]c(=O)c2c1C. The molecule has 148 valence electrons. The number of hydrogen-bond donors (Lipinski definition) is 2. The number of carbonyl (C=O) groups excluding carboxylic acids is 2. The Morgan fingerprint density at radius 3 is 2.81 bits per heavy atom. The zero-order valence-electron chi connectivity index (χ0n) is 15.7. The van der Waals surface area contributed by atoms with Crippen LogP contribution in [0.3, 0.4) is 0 Å². The number of fused-ring (bicyclic) bond motifs is 1. The highest BCUT2D eigenvalue weighted by Crippen LogP contribution is 2.30. The molecule has 2 aromatic rings. The Labute approximate surface area is 165 Å². The Morgan fingerprint density at radius 2 is 2.15 bits per heavy atom. The second kappa shape index (κ2) is 9.86. The van der Waals surface area contributed by atoms with Crippen molar-refractivity contribution in [3.05, 3.63) is 26.6 Å². The quantitative estimate of drug-likeness (QED) is 0.478. The molecule has 8 nitrogen and oxygen atoms in total. The molecule has 0 spiro atoms. The average molecular weight is 414 g/mol. The summed E-state index contributed by atoms with van der Waals surface area (Å²) in [6, 6.07) is 0. The predicted molar refractivity (Wildman–Crippen MR) is 107 cm³/mol. The zero-order valence-corrected chi connectivity index (χ0v) is 17.3. The van der Waals surface area contributed by atoms with Gasteiger partial charge in [0.2, 0.25) is 5.91 Å². The number of aryl methyl sites for hydroxylation is 1. The molecule has 0 saturated heterocycles. The number of nitrogens with one attached hydrogen (secondary N) is 2. The second-order valence-corrected chi connectivity index (χ2v) is 8.03. The van der Waals surface area contributed by atoms with Crippen LogP contribution in [0.25, 0.3) is 10.2 Å². The van der Waals surface area contributed by atoms with E-state index in [1.807, 2.05) is 6.92 Å². The van der Waals surface area contributed by atoms with Crippen molar-refractivity contribution in [2.24, 2.45) is 0 Å². The minimum atomic E-state index is -0.450. The van der Waals surface area contributed by atoms with Gasteiger partial charge in [-0.05, 0) is 26.3 Å². The normalized spacial score (nSPS) is 12.1. The summed E-state index contributed by atoms with van der Waals surface area (Å²) >= 11 is 2.51. The van der Waals surface area contributed by atoms with Crippen LogP contribution in [0.2, 0.25) is 0 Å². The van der Waals surface area contributed by atoms with Crippen LogP contribution in [0, 0.1) is 6.92 Å². The smallest absolute Gasteiger partial charge is 0.348 e. The van der Waals surface area contributed by atoms with Crippen molar-refractivity contribution in [2.45, 2.75) is 26.0 Å². The van der Waals surface area contributed by atoms with E-state index in [0.717, 1.165) is 11.3 Å². The highest BCUT2D eigenvalue weighted by molar-refractivity contribution is 8.00. The summed E-state index contributed by atoms with van der Waals surface area (Å²) in [6.45, 7) is 6.48. The first kappa shape index (κ1) is 21.4. The molecule has 2 rings (SSSR count). The largest absolute Gasteiger partial charge is 0.462 e. The van der Waals surface area contributed by atoms with E-state index >= 15 is 0 Å². The minimum absolute atomic E-state index is 0.108. The number of ether oxygens (including phenoxy) is 2. The highest BCUT2D eigenvalue weighted by atomic mass is 32.2. The monoisotopic (exact) mass is 413 g/mol. The number of aromatic nitrogens is 2. The van der Waals surface area contributed by atoms with Crippen LogP contribution in [0.15, 0.2) is 4.79 Å². The van der Waals surface area contributed by atoms with E-state index in [1.54, 1.807) is 21.0 Å². The number of esters is 1. The molecule has 1 amide bonds. The number of aromatic amines is 1. The molecule has 0 fully saturated rings. The van der Waals surface area contributed by atoms with Crippen LogP contribution in [-0.2, 0) is 14.3 Å². The highest BCUT2D eigenvalue weighted by Gasteiger charge is 2.21. The van der Waals surface area contributed by atoms with E-state index < -0.39 is 5.97 Å². The van der Waals surface area contributed by atoms with Gasteiger partial charge in [-0.3, -0.25) is 9.59 Å². The molecule has 0 bridgehead atoms. The van der Waals surface area contributed by atoms with Crippen LogP contribution in [0.4, 0.5) is 0 Å². The van der Waals surface area contributed by atoms with E-state index in [2.05, 4.69) is 15.3 Å². The molecule has 1 atom stereocenters. The Morgan fingerprint density at radius 1 is 1.41 bits per heavy atom. The lowest BCUT2D eigenvalue weighted by atomic mass is 10.2. The van der Waals surface area contributed by atoms with Gasteiger partial charge in [0.05, 0.1) is 29.6 Å². The van der Waals surface area contributed by atoms with E-state index in [4.69, 9.17) is 9.47 Å². The van der Waals surface area contributed by atoms with Crippen LogP contribution in [0.5, 0.6) is 0 Å². The summed E-state index contributed by atoms with van der Waals surface area (Å²) < 4.78 is 9.92. The van der Waals surface area contributed by atoms with Crippen LogP contribution in [0.1, 0.15) is 40.2 Å². The van der Waals surface area contributed by atoms with Crippen molar-refractivity contribution in [3.8, 4) is 0 Å². The van der Waals surface area contributed by atoms with Gasteiger partial charge in [-0.25, -0.2) is 9.78 Å². The molecular weight excluding hydrogens is 390 g/mol. The molecule has 10 heteroatoms. The first-order valence-electron chi connectivity index (χ1n) is 8.46. The lowest BCUT2D eigenvalue weighted by Crippen LogP contribution is -2.28. The number of thioether (sulfide) groups is 1. The molecule has 0 aliphatic heterocycles. The van der Waals surface area contributed by atoms with Gasteiger partial charge < -0.3 is 19.8 Å². The number of carbonyl (C=O) groups is 2. The lowest BCUT2D eigenvalue weighted by Gasteiger charge is -2.10. The third-order valence-corrected chi connectivity index (χ3v) is 6.08. The number of methoxy groups -OCH3 is 1. The maximum Gasteiger partial charge on any atom is 0.348 e. The molecule has 27 heavy (non-hydrogen) atoms. The summed E-state index contributed by atoms with van der Waals surface area (Å²) in [4.78, 5) is 44.5. The van der Waals surface area contributed by atoms with Gasteiger partial charge in [0, 0.05) is 13.7 Å². The number of H-pyrrole nitrogens is 1. The van der Waals surface area contributed by atoms with E-state index in [-0.39, 0.29) is 29.1 Å². The molecule has 2 heterocycles. The number of rotatable bonds is 9. The summed E-state index contributed by atoms with van der Waals surface area (Å²) in [5.74, 6) is 0.154. The molecule has 0 aliphatic rings. The van der Waals surface area contributed by atoms with Crippen molar-refractivity contribution in [2.75, 3.05) is 32.6 Å². The lowest BCUT2D eigenvalue weighted by molar-refractivity contribution is -0.118. The maximum atomic E-state index is 12.5. The van der Waals surface area contributed by atoms with Gasteiger partial charge in [-0.1, -0.05) is 0 Å². The molecule has 0 saturated carbocycles. The van der Waals surface area contributed by atoms with Crippen LogP contribution in [-0.4, -0.2) is 54.5 Å². The number of nitrogens with zero attached hydrogens (tertiary/aromatic N) is 1. The van der Waals surface area contributed by atoms with Crippen molar-refractivity contribution >= 4 is 45.2 Å². The molecule has 0 radical (unpaired) electrons. The summed E-state index contributed by atoms with van der Waals surface area (Å²) in [5, 5.41) is 2.95. The summed E-state index contributed by atoms with van der Waals surface area (Å²) in [6.07, 6.45) is 0. The van der Waals surface area contributed by atoms with Crippen molar-refractivity contribution < 1.29 is 19.1 Å². The maximum absolute atomic E-state index is 12.5. The number of amides is 1. The van der Waals surface area contributed by atoms with Gasteiger partial charge in [-0.2, -0.15) is 0 Å². The number of thiophene rings is 1. The topological polar surface area (TPSA) is 110 Å². The first-order valence-corrected chi connectivity index (χ1v) is 10.3. The third-order valence-electron chi connectivity index (χ3n) is 3.76. The van der Waals surface area contributed by atoms with Gasteiger partial charge in [0.15, 0.2) is 0 Å². The Balaban J connectivity index is 2.16. The predicted octanol–water partition coefficient (Wildman–Crippen LogP) is 2.03. The van der Waals surface area contributed by atoms with Gasteiger partial charge in [0.25, 0.3) is 5.56 Å². The van der Waals surface area contributed by atoms with Gasteiger partial charge >= 0.3 is 5.97 Å². The van der Waals surface area contributed by atoms with Gasteiger partial charge in [-0.15, -0.1) is 23.1 Å². The molecule has 0 aromatic carbocycles. The fourth-order valence-electron chi connectivity index (χ4n) is 2.37. The fourth-order valence-corrected chi connectivity index (χ4v) is 4.22. The zero-order chi connectivity index (χ0) is 20.0. The molecule has 2 N–H and O–H groups in total. The summed E-state index contributed by atoms with van der Waals surface area (Å²) in [7, 11) is 1.57. The second-order valence-electron chi connectivity index (χ2n) is 5.70.